The summed E-state index contributed by atoms with van der Waals surface area (Å²) in [6.45, 7) is -1.33. The van der Waals surface area contributed by atoms with Crippen molar-refractivity contribution in [1.82, 2.24) is 29.7 Å². The third-order valence-corrected chi connectivity index (χ3v) is 6.33. The summed E-state index contributed by atoms with van der Waals surface area (Å²) in [6, 6.07) is 5.78. The normalized spacial score (nSPS) is 19.1. The number of halogens is 5. The second kappa shape index (κ2) is 8.29. The Morgan fingerprint density at radius 3 is 2.50 bits per heavy atom. The van der Waals surface area contributed by atoms with E-state index in [4.69, 9.17) is 9.85 Å². The van der Waals surface area contributed by atoms with Crippen molar-refractivity contribution in [1.29, 1.82) is 0 Å². The zero-order valence-corrected chi connectivity index (χ0v) is 19.3. The summed E-state index contributed by atoms with van der Waals surface area (Å²) >= 11 is 0. The lowest BCUT2D eigenvalue weighted by Crippen LogP contribution is -2.36. The van der Waals surface area contributed by atoms with E-state index < -0.39 is 49.1 Å². The Morgan fingerprint density at radius 1 is 1.13 bits per heavy atom. The summed E-state index contributed by atoms with van der Waals surface area (Å²) in [4.78, 5) is 29.6. The molecule has 0 radical (unpaired) electrons. The van der Waals surface area contributed by atoms with Crippen LogP contribution in [0.5, 0.6) is 5.75 Å². The number of nitrogens with two attached hydrogens (primary N) is 1. The van der Waals surface area contributed by atoms with Gasteiger partial charge in [-0.1, -0.05) is 12.1 Å². The second-order valence-corrected chi connectivity index (χ2v) is 8.77. The summed E-state index contributed by atoms with van der Waals surface area (Å²) in [5.74, 6) is -6.71. The summed E-state index contributed by atoms with van der Waals surface area (Å²) in [5, 5.41) is 15.9. The van der Waals surface area contributed by atoms with Crippen LogP contribution in [0.15, 0.2) is 30.5 Å². The minimum atomic E-state index is -5.82. The highest BCUT2D eigenvalue weighted by Gasteiger charge is 2.56. The van der Waals surface area contributed by atoms with E-state index in [0.29, 0.717) is 10.2 Å². The molecule has 4 aromatic rings. The van der Waals surface area contributed by atoms with Crippen LogP contribution in [0.4, 0.5) is 33.6 Å². The summed E-state index contributed by atoms with van der Waals surface area (Å²) in [6.07, 6.45) is -7.47. The van der Waals surface area contributed by atoms with Crippen molar-refractivity contribution in [3.05, 3.63) is 47.4 Å². The molecule has 4 heterocycles. The molecule has 0 saturated carbocycles. The minimum absolute atomic E-state index is 0.0341. The van der Waals surface area contributed by atoms with E-state index in [-0.39, 0.29) is 45.5 Å². The molecule has 198 valence electrons. The number of phenols is 1. The highest BCUT2D eigenvalue weighted by Crippen LogP contribution is 2.45. The minimum Gasteiger partial charge on any atom is -0.508 e. The number of amides is 1. The topological polar surface area (TPSA) is 145 Å². The van der Waals surface area contributed by atoms with E-state index >= 15 is 0 Å². The Bertz CT molecular complexity index is 1690. The van der Waals surface area contributed by atoms with Crippen LogP contribution in [0, 0.1) is 0 Å². The molecular formula is C23H19F5N8O2. The SMILES string of the molecule is [2H]C([2H])([2H])n1ncc2c(-c3nc(N)c4c(n3)NC(=O)C4(C)c3ccc(O)cc3)nc(CCC(F)(F)C(F)(F)F)nc21. The number of phenolic OH excluding ortho intramolecular Hbond substituents is 1. The Hall–Kier alpha value is -4.43. The molecule has 0 fully saturated rings. The van der Waals surface area contributed by atoms with Crippen molar-refractivity contribution in [3.8, 4) is 17.3 Å². The maximum Gasteiger partial charge on any atom is 0.453 e. The highest BCUT2D eigenvalue weighted by molar-refractivity contribution is 6.09. The van der Waals surface area contributed by atoms with Gasteiger partial charge in [0.25, 0.3) is 0 Å². The van der Waals surface area contributed by atoms with E-state index in [2.05, 4.69) is 30.4 Å². The van der Waals surface area contributed by atoms with Crippen LogP contribution in [0.25, 0.3) is 22.6 Å². The molecule has 1 unspecified atom stereocenters. The molecule has 0 saturated heterocycles. The number of nitrogen functional groups attached to an aromatic ring is 1. The molecule has 4 N–H and O–H groups in total. The van der Waals surface area contributed by atoms with Crippen molar-refractivity contribution < 1.29 is 36.0 Å². The molecule has 38 heavy (non-hydrogen) atoms. The molecule has 10 nitrogen and oxygen atoms in total. The monoisotopic (exact) mass is 537 g/mol. The average Bonchev–Trinajstić information content (AvgIpc) is 3.41. The lowest BCUT2D eigenvalue weighted by atomic mass is 9.78. The van der Waals surface area contributed by atoms with Crippen molar-refractivity contribution in [2.75, 3.05) is 11.1 Å². The third-order valence-electron chi connectivity index (χ3n) is 6.33. The maximum atomic E-state index is 13.7. The summed E-state index contributed by atoms with van der Waals surface area (Å²) in [5.41, 5.74) is 4.88. The van der Waals surface area contributed by atoms with Crippen LogP contribution in [0.1, 0.15) is 34.4 Å². The number of carbonyl (C=O) groups is 1. The number of aromatic nitrogens is 6. The molecule has 5 rings (SSSR count). The fourth-order valence-corrected chi connectivity index (χ4v) is 4.23. The van der Waals surface area contributed by atoms with E-state index in [1.54, 1.807) is 6.92 Å². The van der Waals surface area contributed by atoms with Crippen molar-refractivity contribution in [2.45, 2.75) is 37.3 Å². The number of rotatable bonds is 5. The van der Waals surface area contributed by atoms with Gasteiger partial charge in [-0.25, -0.2) is 19.9 Å². The van der Waals surface area contributed by atoms with Gasteiger partial charge in [0.1, 0.15) is 34.3 Å². The highest BCUT2D eigenvalue weighted by atomic mass is 19.4. The Balaban J connectivity index is 1.66. The molecule has 0 bridgehead atoms. The molecule has 1 aliphatic heterocycles. The van der Waals surface area contributed by atoms with Crippen molar-refractivity contribution >= 4 is 28.6 Å². The van der Waals surface area contributed by atoms with Gasteiger partial charge in [-0.05, 0) is 24.6 Å². The Morgan fingerprint density at radius 2 is 1.84 bits per heavy atom. The number of fused-ring (bicyclic) bond motifs is 2. The number of aromatic hydroxyl groups is 1. The van der Waals surface area contributed by atoms with Gasteiger partial charge in [0.15, 0.2) is 11.5 Å². The fraction of sp³-hybridized carbons (Fsp3) is 0.304. The molecule has 1 aliphatic rings. The molecule has 1 amide bonds. The number of alkyl halides is 5. The maximum absolute atomic E-state index is 13.7. The largest absolute Gasteiger partial charge is 0.508 e. The third kappa shape index (κ3) is 3.85. The van der Waals surface area contributed by atoms with E-state index in [1.165, 1.54) is 24.3 Å². The summed E-state index contributed by atoms with van der Waals surface area (Å²) < 4.78 is 89.1. The first-order valence-corrected chi connectivity index (χ1v) is 10.9. The predicted molar refractivity (Wildman–Crippen MR) is 124 cm³/mol. The molecule has 0 aliphatic carbocycles. The summed E-state index contributed by atoms with van der Waals surface area (Å²) in [7, 11) is 0. The lowest BCUT2D eigenvalue weighted by Gasteiger charge is -2.23. The van der Waals surface area contributed by atoms with Gasteiger partial charge in [-0.2, -0.15) is 27.1 Å². The second-order valence-electron chi connectivity index (χ2n) is 8.77. The molecular weight excluding hydrogens is 515 g/mol. The number of hydrogen-bond acceptors (Lipinski definition) is 8. The molecule has 3 aromatic heterocycles. The fourth-order valence-electron chi connectivity index (χ4n) is 4.23. The molecule has 1 atom stereocenters. The van der Waals surface area contributed by atoms with Crippen molar-refractivity contribution in [2.24, 2.45) is 6.98 Å². The van der Waals surface area contributed by atoms with Crippen LogP contribution in [0.3, 0.4) is 0 Å². The number of nitrogens with one attached hydrogen (secondary N) is 1. The van der Waals surface area contributed by atoms with Gasteiger partial charge >= 0.3 is 12.1 Å². The first-order valence-electron chi connectivity index (χ1n) is 12.4. The Kier molecular flexibility index (Phi) is 4.72. The first-order chi connectivity index (χ1) is 18.9. The average molecular weight is 537 g/mol. The van der Waals surface area contributed by atoms with Gasteiger partial charge in [0.05, 0.1) is 17.1 Å². The first kappa shape index (κ1) is 21.6. The Labute approximate surface area is 215 Å². The van der Waals surface area contributed by atoms with Gasteiger partial charge < -0.3 is 16.2 Å². The quantitative estimate of drug-likeness (QED) is 0.328. The predicted octanol–water partition coefficient (Wildman–Crippen LogP) is 3.50. The number of benzene rings is 1. The lowest BCUT2D eigenvalue weighted by molar-refractivity contribution is -0.284. The number of carbonyl (C=O) groups excluding carboxylic acids is 1. The van der Waals surface area contributed by atoms with Gasteiger partial charge in [0.2, 0.25) is 5.91 Å². The van der Waals surface area contributed by atoms with Crippen LogP contribution in [0.2, 0.25) is 0 Å². The van der Waals surface area contributed by atoms with Crippen LogP contribution in [-0.4, -0.2) is 52.8 Å². The molecule has 1 aromatic carbocycles. The van der Waals surface area contributed by atoms with Crippen molar-refractivity contribution in [3.63, 3.8) is 0 Å². The zero-order chi connectivity index (χ0) is 30.1. The van der Waals surface area contributed by atoms with Crippen LogP contribution in [-0.2, 0) is 23.6 Å². The molecule has 0 spiro atoms. The van der Waals surface area contributed by atoms with Crippen LogP contribution < -0.4 is 11.1 Å². The van der Waals surface area contributed by atoms with Gasteiger partial charge in [-0.15, -0.1) is 0 Å². The standard InChI is InChI=1S/C23H19F5N8O2/c1-21(10-3-5-11(37)6-4-10)14-16(29)33-18(34-17(14)35-20(21)38)15-12-9-30-36(2)19(12)32-13(31-15)7-8-22(24,25)23(26,27)28/h3-6,9,37H,7-8H2,1-2H3,(H3,29,33,34,35,38)/i2D3. The zero-order valence-electron chi connectivity index (χ0n) is 22.3. The van der Waals surface area contributed by atoms with E-state index in [0.717, 1.165) is 6.20 Å². The van der Waals surface area contributed by atoms with Gasteiger partial charge in [0, 0.05) is 23.9 Å². The van der Waals surface area contributed by atoms with Crippen LogP contribution >= 0.6 is 0 Å². The number of hydrogen-bond donors (Lipinski definition) is 3. The number of aryl methyl sites for hydroxylation is 2. The smallest absolute Gasteiger partial charge is 0.453 e. The molecule has 15 heteroatoms. The van der Waals surface area contributed by atoms with E-state index in [9.17, 15) is 31.9 Å². The number of anilines is 2. The number of nitrogens with zero attached hydrogens (tertiary/aromatic N) is 6. The van der Waals surface area contributed by atoms with E-state index in [1.807, 2.05) is 0 Å². The van der Waals surface area contributed by atoms with Gasteiger partial charge in [-0.3, -0.25) is 9.48 Å².